The van der Waals surface area contributed by atoms with Crippen molar-refractivity contribution >= 4 is 43.8 Å². The Morgan fingerprint density at radius 1 is 1.07 bits per heavy atom. The third-order valence-electron chi connectivity index (χ3n) is 2.83. The van der Waals surface area contributed by atoms with Crippen LogP contribution in [0.15, 0.2) is 0 Å². The maximum Gasteiger partial charge on any atom is 0.324 e. The quantitative estimate of drug-likeness (QED) is 0.433. The molecule has 4 nitrogen and oxygen atoms in total. The van der Waals surface area contributed by atoms with Crippen LogP contribution < -0.4 is 0 Å². The zero-order valence-corrected chi connectivity index (χ0v) is 11.0. The summed E-state index contributed by atoms with van der Waals surface area (Å²) in [5, 5.41) is 1.12. The summed E-state index contributed by atoms with van der Waals surface area (Å²) in [6, 6.07) is 0. The molecule has 0 aromatic rings. The monoisotopic (exact) mass is 340 g/mol. The summed E-state index contributed by atoms with van der Waals surface area (Å²) in [6.07, 6.45) is 0.442. The first-order chi connectivity index (χ1) is 7.12. The number of halogens is 2. The smallest absolute Gasteiger partial charge is 0.324 e. The Morgan fingerprint density at radius 2 is 1.47 bits per heavy atom. The third-order valence-corrected chi connectivity index (χ3v) is 4.27. The fourth-order valence-electron chi connectivity index (χ4n) is 2.06. The Kier molecular flexibility index (Phi) is 3.07. The van der Waals surface area contributed by atoms with Crippen LogP contribution in [0.1, 0.15) is 12.8 Å². The van der Waals surface area contributed by atoms with E-state index in [0.29, 0.717) is 23.5 Å². The minimum atomic E-state index is -1.03. The van der Waals surface area contributed by atoms with E-state index >= 15 is 0 Å². The second-order valence-corrected chi connectivity index (χ2v) is 5.15. The summed E-state index contributed by atoms with van der Waals surface area (Å²) in [4.78, 5) is 23.4. The number of ether oxygens (including phenoxy) is 2. The number of carbonyl (C=O) groups excluding carboxylic acids is 2. The SMILES string of the molecule is O=C1OC(CBr)CC12CC(CBr)OC2=O. The van der Waals surface area contributed by atoms with E-state index in [2.05, 4.69) is 31.9 Å². The molecule has 0 saturated carbocycles. The van der Waals surface area contributed by atoms with Gasteiger partial charge in [-0.15, -0.1) is 0 Å². The van der Waals surface area contributed by atoms with Gasteiger partial charge in [0, 0.05) is 23.5 Å². The second-order valence-electron chi connectivity index (χ2n) is 3.85. The largest absolute Gasteiger partial charge is 0.461 e. The lowest BCUT2D eigenvalue weighted by Gasteiger charge is -2.10. The first kappa shape index (κ1) is 11.4. The fraction of sp³-hybridized carbons (Fsp3) is 0.778. The van der Waals surface area contributed by atoms with Crippen LogP contribution in [0.25, 0.3) is 0 Å². The minimum absolute atomic E-state index is 0.209. The molecule has 6 heteroatoms. The van der Waals surface area contributed by atoms with Gasteiger partial charge in [0.1, 0.15) is 12.2 Å². The fourth-order valence-corrected chi connectivity index (χ4v) is 2.78. The van der Waals surface area contributed by atoms with Crippen LogP contribution in [-0.2, 0) is 19.1 Å². The molecule has 15 heavy (non-hydrogen) atoms. The van der Waals surface area contributed by atoms with E-state index in [9.17, 15) is 9.59 Å². The lowest BCUT2D eigenvalue weighted by atomic mass is 9.82. The first-order valence-electron chi connectivity index (χ1n) is 4.66. The molecule has 0 aromatic carbocycles. The van der Waals surface area contributed by atoms with Gasteiger partial charge in [0.25, 0.3) is 0 Å². The average molecular weight is 342 g/mol. The molecule has 0 radical (unpaired) electrons. The molecule has 1 spiro atoms. The number of rotatable bonds is 2. The lowest BCUT2D eigenvalue weighted by molar-refractivity contribution is -0.158. The van der Waals surface area contributed by atoms with Crippen molar-refractivity contribution in [3.63, 3.8) is 0 Å². The molecule has 0 amide bonds. The highest BCUT2D eigenvalue weighted by atomic mass is 79.9. The van der Waals surface area contributed by atoms with Gasteiger partial charge in [-0.2, -0.15) is 0 Å². The molecule has 2 rings (SSSR count). The molecule has 2 aliphatic rings. The Hall–Kier alpha value is -0.100. The summed E-state index contributed by atoms with van der Waals surface area (Å²) in [5.41, 5.74) is -1.03. The van der Waals surface area contributed by atoms with Crippen molar-refractivity contribution in [2.75, 3.05) is 10.7 Å². The molecule has 0 aliphatic carbocycles. The molecule has 2 heterocycles. The Labute approximate surface area is 104 Å². The van der Waals surface area contributed by atoms with Crippen LogP contribution in [0.5, 0.6) is 0 Å². The number of esters is 2. The predicted molar refractivity (Wildman–Crippen MR) is 59.0 cm³/mol. The molecule has 0 aromatic heterocycles. The Bertz CT molecular complexity index is 274. The van der Waals surface area contributed by atoms with Gasteiger partial charge >= 0.3 is 11.9 Å². The van der Waals surface area contributed by atoms with Crippen molar-refractivity contribution in [2.45, 2.75) is 25.0 Å². The predicted octanol–water partition coefficient (Wildman–Crippen LogP) is 1.39. The number of hydrogen-bond donors (Lipinski definition) is 0. The van der Waals surface area contributed by atoms with E-state index in [1.807, 2.05) is 0 Å². The van der Waals surface area contributed by atoms with Crippen molar-refractivity contribution in [1.82, 2.24) is 0 Å². The lowest BCUT2D eigenvalue weighted by Crippen LogP contribution is -2.31. The normalized spacial score (nSPS) is 39.6. The topological polar surface area (TPSA) is 52.6 Å². The van der Waals surface area contributed by atoms with E-state index < -0.39 is 17.4 Å². The van der Waals surface area contributed by atoms with Gasteiger partial charge in [0.2, 0.25) is 0 Å². The van der Waals surface area contributed by atoms with Gasteiger partial charge in [-0.1, -0.05) is 31.9 Å². The van der Waals surface area contributed by atoms with Crippen LogP contribution in [0, 0.1) is 5.41 Å². The van der Waals surface area contributed by atoms with Crippen LogP contribution in [0.3, 0.4) is 0 Å². The maximum atomic E-state index is 11.7. The molecular weight excluding hydrogens is 332 g/mol. The van der Waals surface area contributed by atoms with Crippen LogP contribution in [-0.4, -0.2) is 34.8 Å². The molecule has 84 valence electrons. The highest BCUT2D eigenvalue weighted by Gasteiger charge is 2.60. The van der Waals surface area contributed by atoms with E-state index in [-0.39, 0.29) is 12.2 Å². The number of cyclic esters (lactones) is 2. The highest BCUT2D eigenvalue weighted by Crippen LogP contribution is 2.45. The Balaban J connectivity index is 2.20. The van der Waals surface area contributed by atoms with Crippen LogP contribution in [0.2, 0.25) is 0 Å². The zero-order valence-electron chi connectivity index (χ0n) is 7.87. The van der Waals surface area contributed by atoms with Crippen molar-refractivity contribution in [3.8, 4) is 0 Å². The molecule has 2 unspecified atom stereocenters. The van der Waals surface area contributed by atoms with Crippen molar-refractivity contribution in [2.24, 2.45) is 5.41 Å². The summed E-state index contributed by atoms with van der Waals surface area (Å²) < 4.78 is 10.2. The van der Waals surface area contributed by atoms with Gasteiger partial charge in [0.15, 0.2) is 5.41 Å². The summed E-state index contributed by atoms with van der Waals surface area (Å²) in [7, 11) is 0. The van der Waals surface area contributed by atoms with E-state index in [1.165, 1.54) is 0 Å². The molecule has 2 fully saturated rings. The van der Waals surface area contributed by atoms with Gasteiger partial charge in [0.05, 0.1) is 0 Å². The van der Waals surface area contributed by atoms with Gasteiger partial charge < -0.3 is 9.47 Å². The molecule has 2 aliphatic heterocycles. The molecule has 0 bridgehead atoms. The summed E-state index contributed by atoms with van der Waals surface area (Å²) in [6.45, 7) is 0. The summed E-state index contributed by atoms with van der Waals surface area (Å²) in [5.74, 6) is -0.860. The maximum absolute atomic E-state index is 11.7. The van der Waals surface area contributed by atoms with Crippen LogP contribution >= 0.6 is 31.9 Å². The van der Waals surface area contributed by atoms with E-state index in [4.69, 9.17) is 9.47 Å². The van der Waals surface area contributed by atoms with E-state index in [1.54, 1.807) is 0 Å². The highest BCUT2D eigenvalue weighted by molar-refractivity contribution is 9.09. The molecular formula is C9H10Br2O4. The van der Waals surface area contributed by atoms with Gasteiger partial charge in [-0.05, 0) is 0 Å². The van der Waals surface area contributed by atoms with Gasteiger partial charge in [-0.25, -0.2) is 0 Å². The van der Waals surface area contributed by atoms with Gasteiger partial charge in [-0.3, -0.25) is 9.59 Å². The molecule has 2 saturated heterocycles. The zero-order chi connectivity index (χ0) is 11.1. The van der Waals surface area contributed by atoms with E-state index in [0.717, 1.165) is 0 Å². The molecule has 0 N–H and O–H groups in total. The summed E-state index contributed by atoms with van der Waals surface area (Å²) >= 11 is 6.50. The van der Waals surface area contributed by atoms with Crippen LogP contribution in [0.4, 0.5) is 0 Å². The number of alkyl halides is 2. The standard InChI is InChI=1S/C9H10Br2O4/c10-3-5-1-9(7(12)14-5)2-6(4-11)15-8(9)13/h5-6H,1-4H2. The number of carbonyl (C=O) groups is 2. The average Bonchev–Trinajstić information content (AvgIpc) is 2.71. The Morgan fingerprint density at radius 3 is 1.73 bits per heavy atom. The van der Waals surface area contributed by atoms with Crippen molar-refractivity contribution < 1.29 is 19.1 Å². The molecule has 2 atom stereocenters. The second kappa shape index (κ2) is 4.05. The first-order valence-corrected chi connectivity index (χ1v) is 6.91. The third kappa shape index (κ3) is 1.71. The van der Waals surface area contributed by atoms with Crippen molar-refractivity contribution in [1.29, 1.82) is 0 Å². The minimum Gasteiger partial charge on any atom is -0.461 e. The van der Waals surface area contributed by atoms with Crippen molar-refractivity contribution in [3.05, 3.63) is 0 Å². The number of hydrogen-bond acceptors (Lipinski definition) is 4.